The first kappa shape index (κ1) is 55.4. The van der Waals surface area contributed by atoms with E-state index in [1.807, 2.05) is 73.7 Å². The summed E-state index contributed by atoms with van der Waals surface area (Å²) in [6.45, 7) is 12.4. The molecule has 0 saturated heterocycles. The molecule has 0 amide bonds. The molecule has 9 rings (SSSR count). The summed E-state index contributed by atoms with van der Waals surface area (Å²) in [6.07, 6.45) is 6.87. The Morgan fingerprint density at radius 1 is 0.750 bits per heavy atom. The van der Waals surface area contributed by atoms with E-state index in [9.17, 15) is 18.9 Å². The number of rotatable bonds is 24. The van der Waals surface area contributed by atoms with Crippen molar-refractivity contribution in [2.75, 3.05) is 33.2 Å². The Morgan fingerprint density at radius 3 is 2.16 bits per heavy atom. The standard InChI is InChI=1S/C62H74F2N2O8P2/c1-9-76(69,70)40(5)61(43-19-20-43)46-13-11-14-51(31-46)73-36-41-16-23-53(56-33-60(72-7)65-34-59(56)64)49(27-41)35-66(38(2)3)39(4)26-48-29-47-28-45(55-32-50(71-6)22-25-58(55)63)21-24-54(47)62(48)74-52-15-10-12-44(30-52)57(42-17-18-42)37-75(8,67)68/h10-16,21-25,27-28,30-34,38-40,42-43,48,57,61-62H,9,17-20,26,29,35-37H2,1-8H3,(H,67,68)(H,69,70)/t39?,40-,48?,57-,61-,62?/m0/s1. The molecule has 0 bridgehead atoms. The lowest BCUT2D eigenvalue weighted by atomic mass is 9.91. The van der Waals surface area contributed by atoms with Gasteiger partial charge in [-0.25, -0.2) is 13.8 Å². The van der Waals surface area contributed by atoms with Crippen LogP contribution in [0.4, 0.5) is 8.78 Å². The summed E-state index contributed by atoms with van der Waals surface area (Å²) in [7, 11) is -3.53. The Morgan fingerprint density at radius 2 is 1.47 bits per heavy atom. The summed E-state index contributed by atoms with van der Waals surface area (Å²) < 4.78 is 82.0. The van der Waals surface area contributed by atoms with E-state index < -0.39 is 20.6 Å². The second-order valence-corrected chi connectivity index (χ2v) is 27.5. The fourth-order valence-corrected chi connectivity index (χ4v) is 14.6. The zero-order chi connectivity index (χ0) is 54.1. The highest BCUT2D eigenvalue weighted by atomic mass is 31.2. The van der Waals surface area contributed by atoms with Crippen molar-refractivity contribution >= 4 is 14.7 Å². The fourth-order valence-electron chi connectivity index (χ4n) is 11.8. The Hall–Kier alpha value is -5.35. The van der Waals surface area contributed by atoms with Crippen molar-refractivity contribution in [3.8, 4) is 45.4 Å². The molecule has 5 unspecified atom stereocenters. The van der Waals surface area contributed by atoms with Crippen LogP contribution in [0.15, 0.2) is 115 Å². The highest BCUT2D eigenvalue weighted by molar-refractivity contribution is 7.58. The van der Waals surface area contributed by atoms with E-state index in [0.29, 0.717) is 64.6 Å². The lowest BCUT2D eigenvalue weighted by Gasteiger charge is -2.36. The minimum atomic E-state index is -3.34. The number of hydrogen-bond donors (Lipinski definition) is 2. The third-order valence-electron chi connectivity index (χ3n) is 16.2. The van der Waals surface area contributed by atoms with Crippen LogP contribution in [-0.4, -0.2) is 70.6 Å². The van der Waals surface area contributed by atoms with Crippen LogP contribution in [0.2, 0.25) is 0 Å². The Labute approximate surface area is 448 Å². The number of aromatic nitrogens is 1. The van der Waals surface area contributed by atoms with Crippen molar-refractivity contribution in [3.63, 3.8) is 0 Å². The molecule has 3 aliphatic carbocycles. The average Bonchev–Trinajstić information content (AvgIpc) is 4.37. The molecular weight excluding hydrogens is 1000 g/mol. The van der Waals surface area contributed by atoms with Gasteiger partial charge < -0.3 is 28.7 Å². The smallest absolute Gasteiger partial charge is 0.213 e. The second kappa shape index (κ2) is 23.3. The van der Waals surface area contributed by atoms with Gasteiger partial charge in [-0.2, -0.15) is 0 Å². The first-order valence-electron chi connectivity index (χ1n) is 27.0. The topological polar surface area (TPSA) is 128 Å². The number of methoxy groups -OCH3 is 2. The molecule has 2 fully saturated rings. The van der Waals surface area contributed by atoms with Crippen LogP contribution in [0, 0.1) is 29.4 Å². The molecule has 14 heteroatoms. The first-order valence-corrected chi connectivity index (χ1v) is 31.2. The molecule has 1 heterocycles. The lowest BCUT2D eigenvalue weighted by Crippen LogP contribution is -2.40. The van der Waals surface area contributed by atoms with Crippen LogP contribution < -0.4 is 18.9 Å². The average molecular weight is 1080 g/mol. The Kier molecular flexibility index (Phi) is 17.0. The highest BCUT2D eigenvalue weighted by Crippen LogP contribution is 2.58. The van der Waals surface area contributed by atoms with Gasteiger partial charge in [0.25, 0.3) is 0 Å². The van der Waals surface area contributed by atoms with Crippen LogP contribution in [0.1, 0.15) is 118 Å². The summed E-state index contributed by atoms with van der Waals surface area (Å²) in [4.78, 5) is 28.0. The molecule has 404 valence electrons. The van der Waals surface area contributed by atoms with E-state index in [1.54, 1.807) is 32.2 Å². The number of halogens is 2. The summed E-state index contributed by atoms with van der Waals surface area (Å²) in [6, 6.07) is 34.5. The minimum Gasteiger partial charge on any atom is -0.497 e. The van der Waals surface area contributed by atoms with E-state index in [-0.39, 0.29) is 66.3 Å². The molecule has 10 nitrogen and oxygen atoms in total. The van der Waals surface area contributed by atoms with E-state index >= 15 is 8.78 Å². The van der Waals surface area contributed by atoms with E-state index in [4.69, 9.17) is 18.9 Å². The normalized spacial score (nSPS) is 19.6. The van der Waals surface area contributed by atoms with Crippen LogP contribution in [0.25, 0.3) is 22.3 Å². The summed E-state index contributed by atoms with van der Waals surface area (Å²) >= 11 is 0. The molecule has 0 spiro atoms. The van der Waals surface area contributed by atoms with Crippen LogP contribution in [-0.2, 0) is 28.7 Å². The van der Waals surface area contributed by atoms with Crippen molar-refractivity contribution in [2.24, 2.45) is 17.8 Å². The van der Waals surface area contributed by atoms with Gasteiger partial charge in [-0.15, -0.1) is 0 Å². The lowest BCUT2D eigenvalue weighted by molar-refractivity contribution is 0.0902. The summed E-state index contributed by atoms with van der Waals surface area (Å²) in [5, 5.41) is 0. The molecule has 1 aromatic heterocycles. The molecule has 0 aliphatic heterocycles. The van der Waals surface area contributed by atoms with Gasteiger partial charge in [0.1, 0.15) is 41.6 Å². The number of pyridine rings is 1. The summed E-state index contributed by atoms with van der Waals surface area (Å²) in [5.74, 6) is 2.11. The van der Waals surface area contributed by atoms with Gasteiger partial charge in [0.15, 0.2) is 7.37 Å². The van der Waals surface area contributed by atoms with Gasteiger partial charge in [-0.3, -0.25) is 14.0 Å². The SMILES string of the molecule is CCP(=O)(O)[C@@H](C)[C@H](c1cccc(OCc2ccc(-c3cc(OC)ncc3F)c(CN(C(C)C)C(C)CC3Cc4cc(-c5cc(OC)ccc5F)ccc4C3Oc3cccc([C@@H](CP(C)(=O)O)C4CC4)c3)c2)c1)C1CC1. The number of hydrogen-bond acceptors (Lipinski definition) is 8. The van der Waals surface area contributed by atoms with Gasteiger partial charge in [0, 0.05) is 66.4 Å². The van der Waals surface area contributed by atoms with Crippen LogP contribution in [0.3, 0.4) is 0 Å². The Bertz CT molecular complexity index is 3120. The van der Waals surface area contributed by atoms with Crippen LogP contribution in [0.5, 0.6) is 23.1 Å². The van der Waals surface area contributed by atoms with Gasteiger partial charge in [-0.1, -0.05) is 74.5 Å². The molecular formula is C62H74F2N2O8P2. The minimum absolute atomic E-state index is 0.00139. The quantitative estimate of drug-likeness (QED) is 0.0566. The number of fused-ring (bicyclic) bond motifs is 1. The Balaban J connectivity index is 1.02. The predicted molar refractivity (Wildman–Crippen MR) is 298 cm³/mol. The fraction of sp³-hybridized carbons (Fsp3) is 0.435. The van der Waals surface area contributed by atoms with Crippen molar-refractivity contribution in [2.45, 2.75) is 122 Å². The monoisotopic (exact) mass is 1070 g/mol. The molecule has 2 N–H and O–H groups in total. The molecule has 0 radical (unpaired) electrons. The molecule has 5 aromatic carbocycles. The van der Waals surface area contributed by atoms with Crippen molar-refractivity contribution in [3.05, 3.63) is 160 Å². The zero-order valence-corrected chi connectivity index (χ0v) is 46.9. The molecule has 6 aromatic rings. The molecule has 8 atom stereocenters. The summed E-state index contributed by atoms with van der Waals surface area (Å²) in [5.41, 5.74) is 7.87. The van der Waals surface area contributed by atoms with Gasteiger partial charge in [0.2, 0.25) is 13.2 Å². The highest BCUT2D eigenvalue weighted by Gasteiger charge is 2.43. The maximum atomic E-state index is 16.0. The second-order valence-electron chi connectivity index (χ2n) is 22.1. The van der Waals surface area contributed by atoms with Gasteiger partial charge >= 0.3 is 0 Å². The van der Waals surface area contributed by atoms with E-state index in [1.165, 1.54) is 26.0 Å². The van der Waals surface area contributed by atoms with Crippen molar-refractivity contribution in [1.29, 1.82) is 0 Å². The van der Waals surface area contributed by atoms with Gasteiger partial charge in [0.05, 0.1) is 20.4 Å². The largest absolute Gasteiger partial charge is 0.497 e. The third-order valence-corrected chi connectivity index (χ3v) is 19.8. The first-order chi connectivity index (χ1) is 36.3. The third kappa shape index (κ3) is 13.0. The number of ether oxygens (including phenoxy) is 4. The maximum absolute atomic E-state index is 16.0. The predicted octanol–water partition coefficient (Wildman–Crippen LogP) is 14.8. The number of benzene rings is 5. The zero-order valence-electron chi connectivity index (χ0n) is 45.1. The maximum Gasteiger partial charge on any atom is 0.213 e. The molecule has 2 saturated carbocycles. The van der Waals surface area contributed by atoms with E-state index in [0.717, 1.165) is 71.0 Å². The number of nitrogens with zero attached hydrogens (tertiary/aromatic N) is 2. The molecule has 3 aliphatic rings. The van der Waals surface area contributed by atoms with E-state index in [2.05, 4.69) is 48.9 Å². The van der Waals surface area contributed by atoms with Crippen molar-refractivity contribution in [1.82, 2.24) is 9.88 Å². The van der Waals surface area contributed by atoms with Crippen LogP contribution >= 0.6 is 14.7 Å². The molecule has 76 heavy (non-hydrogen) atoms. The van der Waals surface area contributed by atoms with Gasteiger partial charge in [-0.05, 0) is 170 Å². The van der Waals surface area contributed by atoms with Crippen molar-refractivity contribution < 1.29 is 46.6 Å².